The van der Waals surface area contributed by atoms with Crippen LogP contribution in [0.5, 0.6) is 0 Å². The average molecular weight is 264 g/mol. The van der Waals surface area contributed by atoms with Crippen molar-refractivity contribution in [3.8, 4) is 0 Å². The summed E-state index contributed by atoms with van der Waals surface area (Å²) >= 11 is 0. The van der Waals surface area contributed by atoms with Crippen molar-refractivity contribution in [1.82, 2.24) is 15.5 Å². The number of nitrogens with zero attached hydrogens (tertiary/aromatic N) is 3. The molecule has 106 valence electrons. The molecular weight excluding hydrogens is 240 g/mol. The Morgan fingerprint density at radius 1 is 1.42 bits per heavy atom. The van der Waals surface area contributed by atoms with Gasteiger partial charge >= 0.3 is 0 Å². The minimum atomic E-state index is 0.426. The quantitative estimate of drug-likeness (QED) is 0.871. The standard InChI is InChI=1S/C14H24N4O/c1-11(2)13-4-5-14(17-16-13)18(3)8-6-12-10-19-9-7-15-12/h4-5,11-12,15H,6-10H2,1-3H3. The first-order valence-corrected chi connectivity index (χ1v) is 7.02. The second kappa shape index (κ2) is 6.82. The predicted molar refractivity (Wildman–Crippen MR) is 76.6 cm³/mol. The summed E-state index contributed by atoms with van der Waals surface area (Å²) < 4.78 is 5.45. The van der Waals surface area contributed by atoms with Crippen LogP contribution in [0.3, 0.4) is 0 Å². The molecule has 0 spiro atoms. The van der Waals surface area contributed by atoms with Crippen molar-refractivity contribution in [3.63, 3.8) is 0 Å². The number of hydrogen-bond acceptors (Lipinski definition) is 5. The van der Waals surface area contributed by atoms with Gasteiger partial charge in [-0.15, -0.1) is 5.10 Å². The van der Waals surface area contributed by atoms with Crippen LogP contribution < -0.4 is 10.2 Å². The number of morpholine rings is 1. The summed E-state index contributed by atoms with van der Waals surface area (Å²) in [4.78, 5) is 2.15. The molecule has 1 fully saturated rings. The molecule has 1 unspecified atom stereocenters. The van der Waals surface area contributed by atoms with Gasteiger partial charge in [0.15, 0.2) is 5.82 Å². The number of aromatic nitrogens is 2. The number of rotatable bonds is 5. The summed E-state index contributed by atoms with van der Waals surface area (Å²) in [5.41, 5.74) is 1.04. The van der Waals surface area contributed by atoms with E-state index >= 15 is 0 Å². The van der Waals surface area contributed by atoms with Gasteiger partial charge in [-0.25, -0.2) is 0 Å². The summed E-state index contributed by atoms with van der Waals surface area (Å²) in [6, 6.07) is 4.57. The minimum absolute atomic E-state index is 0.426. The van der Waals surface area contributed by atoms with Gasteiger partial charge in [-0.1, -0.05) is 13.8 Å². The Labute approximate surface area is 115 Å². The van der Waals surface area contributed by atoms with Crippen LogP contribution in [0.25, 0.3) is 0 Å². The largest absolute Gasteiger partial charge is 0.379 e. The zero-order valence-electron chi connectivity index (χ0n) is 12.1. The second-order valence-corrected chi connectivity index (χ2v) is 5.41. The molecular formula is C14H24N4O. The number of anilines is 1. The fraction of sp³-hybridized carbons (Fsp3) is 0.714. The van der Waals surface area contributed by atoms with E-state index in [0.29, 0.717) is 12.0 Å². The molecule has 1 aromatic heterocycles. The molecule has 2 rings (SSSR count). The third-order valence-electron chi connectivity index (χ3n) is 3.47. The molecule has 0 aromatic carbocycles. The monoisotopic (exact) mass is 264 g/mol. The van der Waals surface area contributed by atoms with E-state index in [1.54, 1.807) is 0 Å². The van der Waals surface area contributed by atoms with E-state index in [2.05, 4.69) is 47.4 Å². The van der Waals surface area contributed by atoms with Crippen LogP contribution >= 0.6 is 0 Å². The zero-order valence-corrected chi connectivity index (χ0v) is 12.1. The van der Waals surface area contributed by atoms with E-state index in [0.717, 1.165) is 44.2 Å². The molecule has 19 heavy (non-hydrogen) atoms. The van der Waals surface area contributed by atoms with Crippen LogP contribution in [-0.4, -0.2) is 49.6 Å². The molecule has 5 nitrogen and oxygen atoms in total. The maximum atomic E-state index is 5.45. The van der Waals surface area contributed by atoms with Crippen molar-refractivity contribution in [2.75, 3.05) is 38.3 Å². The Hall–Kier alpha value is -1.20. The minimum Gasteiger partial charge on any atom is -0.379 e. The SMILES string of the molecule is CC(C)c1ccc(N(C)CCC2COCCN2)nn1. The first kappa shape index (κ1) is 14.2. The zero-order chi connectivity index (χ0) is 13.7. The lowest BCUT2D eigenvalue weighted by Gasteiger charge is -2.26. The van der Waals surface area contributed by atoms with E-state index < -0.39 is 0 Å². The van der Waals surface area contributed by atoms with Crippen molar-refractivity contribution < 1.29 is 4.74 Å². The van der Waals surface area contributed by atoms with E-state index in [9.17, 15) is 0 Å². The Kier molecular flexibility index (Phi) is 5.10. The van der Waals surface area contributed by atoms with Crippen LogP contribution in [0.4, 0.5) is 5.82 Å². The molecule has 1 atom stereocenters. The third-order valence-corrected chi connectivity index (χ3v) is 3.47. The van der Waals surface area contributed by atoms with Crippen LogP contribution in [0.2, 0.25) is 0 Å². The highest BCUT2D eigenvalue weighted by molar-refractivity contribution is 5.36. The second-order valence-electron chi connectivity index (χ2n) is 5.41. The molecule has 1 aliphatic rings. The molecule has 1 aromatic rings. The van der Waals surface area contributed by atoms with Gasteiger partial charge in [-0.2, -0.15) is 5.10 Å². The summed E-state index contributed by atoms with van der Waals surface area (Å²) in [7, 11) is 2.06. The van der Waals surface area contributed by atoms with E-state index in [4.69, 9.17) is 4.74 Å². The van der Waals surface area contributed by atoms with Gasteiger partial charge in [0.25, 0.3) is 0 Å². The van der Waals surface area contributed by atoms with Crippen molar-refractivity contribution in [2.45, 2.75) is 32.2 Å². The van der Waals surface area contributed by atoms with Crippen molar-refractivity contribution in [3.05, 3.63) is 17.8 Å². The molecule has 1 N–H and O–H groups in total. The maximum absolute atomic E-state index is 5.45. The van der Waals surface area contributed by atoms with Crippen LogP contribution in [0.1, 0.15) is 31.9 Å². The van der Waals surface area contributed by atoms with E-state index in [1.807, 2.05) is 6.07 Å². The normalized spacial score (nSPS) is 19.7. The van der Waals surface area contributed by atoms with Crippen LogP contribution in [0.15, 0.2) is 12.1 Å². The lowest BCUT2D eigenvalue weighted by Crippen LogP contribution is -2.43. The topological polar surface area (TPSA) is 50.3 Å². The molecule has 0 radical (unpaired) electrons. The average Bonchev–Trinajstić information content (AvgIpc) is 2.46. The molecule has 1 saturated heterocycles. The highest BCUT2D eigenvalue weighted by atomic mass is 16.5. The van der Waals surface area contributed by atoms with E-state index in [1.165, 1.54) is 0 Å². The highest BCUT2D eigenvalue weighted by Gasteiger charge is 2.14. The molecule has 0 saturated carbocycles. The molecule has 1 aliphatic heterocycles. The van der Waals surface area contributed by atoms with Gasteiger partial charge in [0.2, 0.25) is 0 Å². The summed E-state index contributed by atoms with van der Waals surface area (Å²) in [6.45, 7) is 7.80. The highest BCUT2D eigenvalue weighted by Crippen LogP contribution is 2.14. The Bertz CT molecular complexity index is 374. The van der Waals surface area contributed by atoms with Gasteiger partial charge in [0.05, 0.1) is 18.9 Å². The van der Waals surface area contributed by atoms with E-state index in [-0.39, 0.29) is 0 Å². The summed E-state index contributed by atoms with van der Waals surface area (Å²) in [5.74, 6) is 1.36. The van der Waals surface area contributed by atoms with Crippen LogP contribution in [0, 0.1) is 0 Å². The van der Waals surface area contributed by atoms with Gasteiger partial charge in [0.1, 0.15) is 0 Å². The molecule has 5 heteroatoms. The van der Waals surface area contributed by atoms with Gasteiger partial charge in [-0.3, -0.25) is 0 Å². The first-order chi connectivity index (χ1) is 9.16. The van der Waals surface area contributed by atoms with Crippen LogP contribution in [-0.2, 0) is 4.74 Å². The Morgan fingerprint density at radius 2 is 2.26 bits per heavy atom. The Balaban J connectivity index is 1.83. The lowest BCUT2D eigenvalue weighted by molar-refractivity contribution is 0.0749. The number of hydrogen-bond donors (Lipinski definition) is 1. The fourth-order valence-electron chi connectivity index (χ4n) is 2.12. The van der Waals surface area contributed by atoms with Gasteiger partial charge in [-0.05, 0) is 24.5 Å². The molecule has 2 heterocycles. The molecule has 0 amide bonds. The predicted octanol–water partition coefficient (Wildman–Crippen LogP) is 1.41. The Morgan fingerprint density at radius 3 is 2.84 bits per heavy atom. The molecule has 0 aliphatic carbocycles. The van der Waals surface area contributed by atoms with Crippen molar-refractivity contribution in [1.29, 1.82) is 0 Å². The van der Waals surface area contributed by atoms with Gasteiger partial charge in [0, 0.05) is 26.2 Å². The first-order valence-electron chi connectivity index (χ1n) is 7.02. The third kappa shape index (κ3) is 4.14. The molecule has 0 bridgehead atoms. The van der Waals surface area contributed by atoms with Crippen molar-refractivity contribution >= 4 is 5.82 Å². The maximum Gasteiger partial charge on any atom is 0.150 e. The van der Waals surface area contributed by atoms with Gasteiger partial charge < -0.3 is 15.0 Å². The summed E-state index contributed by atoms with van der Waals surface area (Å²) in [6.07, 6.45) is 1.06. The fourth-order valence-corrected chi connectivity index (χ4v) is 2.12. The smallest absolute Gasteiger partial charge is 0.150 e. The number of ether oxygens (including phenoxy) is 1. The summed E-state index contributed by atoms with van der Waals surface area (Å²) in [5, 5.41) is 12.0. The number of nitrogens with one attached hydrogen (secondary N) is 1. The lowest BCUT2D eigenvalue weighted by atomic mass is 10.1. The van der Waals surface area contributed by atoms with Crippen molar-refractivity contribution in [2.24, 2.45) is 0 Å².